The number of carbonyl (C=O) groups excluding carboxylic acids is 1. The molecule has 1 amide bonds. The van der Waals surface area contributed by atoms with Crippen LogP contribution in [-0.4, -0.2) is 29.6 Å². The fourth-order valence-corrected chi connectivity index (χ4v) is 2.26. The number of piperidine rings is 1. The molecule has 1 atom stereocenters. The summed E-state index contributed by atoms with van der Waals surface area (Å²) in [5.74, 6) is -0.530. The second-order valence-electron chi connectivity index (χ2n) is 4.42. The quantitative estimate of drug-likeness (QED) is 0.756. The minimum absolute atomic E-state index is 0.00206. The molecule has 0 spiro atoms. The number of likely N-dealkylation sites (tertiary alicyclic amines) is 1. The first-order valence-electron chi connectivity index (χ1n) is 5.93. The van der Waals surface area contributed by atoms with Gasteiger partial charge in [0.1, 0.15) is 6.04 Å². The monoisotopic (exact) mass is 257 g/mol. The highest BCUT2D eigenvalue weighted by molar-refractivity contribution is 5.94. The third kappa shape index (κ3) is 2.66. The van der Waals surface area contributed by atoms with Crippen molar-refractivity contribution < 1.29 is 18.0 Å². The van der Waals surface area contributed by atoms with Crippen LogP contribution in [0.5, 0.6) is 0 Å². The van der Waals surface area contributed by atoms with Crippen LogP contribution in [0, 0.1) is 0 Å². The Labute approximate surface area is 103 Å². The molecular weight excluding hydrogens is 243 g/mol. The number of nitrogens with zero attached hydrogens (tertiary/aromatic N) is 1. The first-order valence-corrected chi connectivity index (χ1v) is 5.93. The van der Waals surface area contributed by atoms with Crippen LogP contribution in [0.1, 0.15) is 29.6 Å². The van der Waals surface area contributed by atoms with Crippen molar-refractivity contribution >= 4 is 5.91 Å². The van der Waals surface area contributed by atoms with Gasteiger partial charge in [-0.2, -0.15) is 13.2 Å². The van der Waals surface area contributed by atoms with Crippen LogP contribution in [0.4, 0.5) is 13.2 Å². The maximum absolute atomic E-state index is 12.9. The van der Waals surface area contributed by atoms with E-state index < -0.39 is 18.1 Å². The predicted octanol–water partition coefficient (Wildman–Crippen LogP) is 3.24. The molecule has 5 heteroatoms. The molecular formula is C13H14F3NO. The zero-order valence-corrected chi connectivity index (χ0v) is 9.78. The maximum Gasteiger partial charge on any atom is 0.408 e. The van der Waals surface area contributed by atoms with Gasteiger partial charge in [-0.25, -0.2) is 0 Å². The van der Waals surface area contributed by atoms with Crippen LogP contribution in [0.25, 0.3) is 0 Å². The van der Waals surface area contributed by atoms with Gasteiger partial charge >= 0.3 is 6.18 Å². The normalized spacial score (nSPS) is 20.8. The highest BCUT2D eigenvalue weighted by Crippen LogP contribution is 2.32. The van der Waals surface area contributed by atoms with Crippen molar-refractivity contribution in [3.63, 3.8) is 0 Å². The number of alkyl halides is 3. The fourth-order valence-electron chi connectivity index (χ4n) is 2.26. The molecule has 0 N–H and O–H groups in total. The molecule has 1 aliphatic heterocycles. The first kappa shape index (κ1) is 12.9. The summed E-state index contributed by atoms with van der Waals surface area (Å²) in [7, 11) is 0. The Bertz CT molecular complexity index is 416. The molecule has 18 heavy (non-hydrogen) atoms. The summed E-state index contributed by atoms with van der Waals surface area (Å²) in [4.78, 5) is 13.0. The van der Waals surface area contributed by atoms with E-state index in [4.69, 9.17) is 0 Å². The molecule has 0 aliphatic carbocycles. The number of halogens is 3. The summed E-state index contributed by atoms with van der Waals surface area (Å²) < 4.78 is 38.6. The Morgan fingerprint density at radius 1 is 1.17 bits per heavy atom. The number of hydrogen-bond donors (Lipinski definition) is 0. The molecule has 0 bridgehead atoms. The highest BCUT2D eigenvalue weighted by Gasteiger charge is 2.46. The van der Waals surface area contributed by atoms with Crippen LogP contribution in [0.2, 0.25) is 0 Å². The Kier molecular flexibility index (Phi) is 3.59. The van der Waals surface area contributed by atoms with Crippen molar-refractivity contribution in [3.8, 4) is 0 Å². The highest BCUT2D eigenvalue weighted by atomic mass is 19.4. The zero-order chi connectivity index (χ0) is 13.2. The van der Waals surface area contributed by atoms with Crippen LogP contribution in [0.15, 0.2) is 30.3 Å². The van der Waals surface area contributed by atoms with Gasteiger partial charge in [0.2, 0.25) is 0 Å². The number of hydrogen-bond acceptors (Lipinski definition) is 1. The molecule has 1 aliphatic rings. The van der Waals surface area contributed by atoms with Crippen molar-refractivity contribution in [1.82, 2.24) is 4.90 Å². The fraction of sp³-hybridized carbons (Fsp3) is 0.462. The van der Waals surface area contributed by atoms with Gasteiger partial charge in [0, 0.05) is 12.1 Å². The minimum Gasteiger partial charge on any atom is -0.327 e. The predicted molar refractivity (Wildman–Crippen MR) is 61.2 cm³/mol. The molecule has 1 fully saturated rings. The Morgan fingerprint density at radius 2 is 1.83 bits per heavy atom. The molecule has 1 unspecified atom stereocenters. The molecule has 0 aromatic heterocycles. The minimum atomic E-state index is -4.34. The first-order chi connectivity index (χ1) is 8.50. The topological polar surface area (TPSA) is 20.3 Å². The van der Waals surface area contributed by atoms with Gasteiger partial charge in [-0.1, -0.05) is 18.2 Å². The SMILES string of the molecule is O=C(c1ccccc1)N1CCCCC1C(F)(F)F. The Balaban J connectivity index is 2.22. The van der Waals surface area contributed by atoms with Crippen molar-refractivity contribution in [1.29, 1.82) is 0 Å². The lowest BCUT2D eigenvalue weighted by atomic mass is 10.0. The van der Waals surface area contributed by atoms with E-state index in [0.717, 1.165) is 4.90 Å². The van der Waals surface area contributed by atoms with E-state index in [2.05, 4.69) is 0 Å². The van der Waals surface area contributed by atoms with Crippen LogP contribution in [0.3, 0.4) is 0 Å². The van der Waals surface area contributed by atoms with Crippen molar-refractivity contribution in [3.05, 3.63) is 35.9 Å². The van der Waals surface area contributed by atoms with E-state index in [-0.39, 0.29) is 13.0 Å². The van der Waals surface area contributed by atoms with Gasteiger partial charge in [-0.15, -0.1) is 0 Å². The average Bonchev–Trinajstić information content (AvgIpc) is 2.38. The van der Waals surface area contributed by atoms with E-state index >= 15 is 0 Å². The van der Waals surface area contributed by atoms with E-state index in [1.807, 2.05) is 0 Å². The van der Waals surface area contributed by atoms with Gasteiger partial charge in [-0.05, 0) is 31.4 Å². The summed E-state index contributed by atoms with van der Waals surface area (Å²) >= 11 is 0. The third-order valence-electron chi connectivity index (χ3n) is 3.16. The van der Waals surface area contributed by atoms with Crippen molar-refractivity contribution in [2.75, 3.05) is 6.54 Å². The second kappa shape index (κ2) is 5.00. The van der Waals surface area contributed by atoms with Crippen LogP contribution >= 0.6 is 0 Å². The molecule has 1 heterocycles. The van der Waals surface area contributed by atoms with Crippen molar-refractivity contribution in [2.24, 2.45) is 0 Å². The molecule has 2 nitrogen and oxygen atoms in total. The number of rotatable bonds is 1. The Morgan fingerprint density at radius 3 is 2.44 bits per heavy atom. The summed E-state index contributed by atoms with van der Waals surface area (Å²) in [6, 6.07) is 6.49. The van der Waals surface area contributed by atoms with E-state index in [0.29, 0.717) is 18.4 Å². The lowest BCUT2D eigenvalue weighted by Gasteiger charge is -2.36. The summed E-state index contributed by atoms with van der Waals surface area (Å²) in [5, 5.41) is 0. The number of amides is 1. The molecule has 1 saturated heterocycles. The van der Waals surface area contributed by atoms with Gasteiger partial charge in [0.05, 0.1) is 0 Å². The number of benzene rings is 1. The lowest BCUT2D eigenvalue weighted by molar-refractivity contribution is -0.183. The smallest absolute Gasteiger partial charge is 0.327 e. The van der Waals surface area contributed by atoms with Gasteiger partial charge in [0.25, 0.3) is 5.91 Å². The molecule has 0 saturated carbocycles. The Hall–Kier alpha value is -1.52. The average molecular weight is 257 g/mol. The molecule has 1 aromatic carbocycles. The summed E-state index contributed by atoms with van der Waals surface area (Å²) in [6.07, 6.45) is -3.19. The summed E-state index contributed by atoms with van der Waals surface area (Å²) in [6.45, 7) is 0.178. The molecule has 98 valence electrons. The third-order valence-corrected chi connectivity index (χ3v) is 3.16. The van der Waals surface area contributed by atoms with Crippen LogP contribution < -0.4 is 0 Å². The molecule has 1 aromatic rings. The van der Waals surface area contributed by atoms with Crippen LogP contribution in [-0.2, 0) is 0 Å². The van der Waals surface area contributed by atoms with Crippen molar-refractivity contribution in [2.45, 2.75) is 31.5 Å². The van der Waals surface area contributed by atoms with Gasteiger partial charge in [-0.3, -0.25) is 4.79 Å². The standard InChI is InChI=1S/C13H14F3NO/c14-13(15,16)11-8-4-5-9-17(11)12(18)10-6-2-1-3-7-10/h1-3,6-7,11H,4-5,8-9H2. The van der Waals surface area contributed by atoms with E-state index in [1.54, 1.807) is 30.3 Å². The maximum atomic E-state index is 12.9. The largest absolute Gasteiger partial charge is 0.408 e. The second-order valence-corrected chi connectivity index (χ2v) is 4.42. The molecule has 0 radical (unpaired) electrons. The van der Waals surface area contributed by atoms with E-state index in [9.17, 15) is 18.0 Å². The van der Waals surface area contributed by atoms with E-state index in [1.165, 1.54) is 0 Å². The number of carbonyl (C=O) groups is 1. The van der Waals surface area contributed by atoms with Gasteiger partial charge in [0.15, 0.2) is 0 Å². The van der Waals surface area contributed by atoms with Gasteiger partial charge < -0.3 is 4.90 Å². The zero-order valence-electron chi connectivity index (χ0n) is 9.78. The molecule has 2 rings (SSSR count). The summed E-state index contributed by atoms with van der Waals surface area (Å²) in [5.41, 5.74) is 0.314. The lowest BCUT2D eigenvalue weighted by Crippen LogP contribution is -2.51.